The zero-order valence-electron chi connectivity index (χ0n) is 10.8. The van der Waals surface area contributed by atoms with Crippen LogP contribution in [-0.4, -0.2) is 12.4 Å². The van der Waals surface area contributed by atoms with Gasteiger partial charge in [0.05, 0.1) is 6.10 Å². The van der Waals surface area contributed by atoms with Gasteiger partial charge in [0, 0.05) is 13.0 Å². The normalized spacial score (nSPS) is 12.4. The number of hydrogen-bond acceptors (Lipinski definition) is 2. The maximum atomic E-state index is 10.7. The molecular weight excluding hydrogens is 212 g/mol. The van der Waals surface area contributed by atoms with E-state index in [-0.39, 0.29) is 11.9 Å². The lowest BCUT2D eigenvalue weighted by molar-refractivity contribution is -0.117. The second-order valence-corrected chi connectivity index (χ2v) is 4.44. The Bertz CT molecular complexity index is 319. The molecule has 94 valence electrons. The Morgan fingerprint density at radius 1 is 1.18 bits per heavy atom. The lowest BCUT2D eigenvalue weighted by Gasteiger charge is -2.13. The summed E-state index contributed by atoms with van der Waals surface area (Å²) in [6.07, 6.45) is 3.95. The molecule has 0 fully saturated rings. The Hall–Kier alpha value is -1.15. The number of ether oxygens (including phenoxy) is 1. The molecule has 0 spiro atoms. The minimum atomic E-state index is 0.156. The van der Waals surface area contributed by atoms with Crippen LogP contribution in [0.5, 0.6) is 0 Å². The summed E-state index contributed by atoms with van der Waals surface area (Å²) < 4.78 is 5.75. The minimum absolute atomic E-state index is 0.156. The van der Waals surface area contributed by atoms with Gasteiger partial charge in [-0.3, -0.25) is 0 Å². The quantitative estimate of drug-likeness (QED) is 0.637. The van der Waals surface area contributed by atoms with Gasteiger partial charge >= 0.3 is 0 Å². The van der Waals surface area contributed by atoms with Crippen LogP contribution in [0.4, 0.5) is 0 Å². The third-order valence-electron chi connectivity index (χ3n) is 2.81. The van der Waals surface area contributed by atoms with E-state index in [4.69, 9.17) is 4.74 Å². The van der Waals surface area contributed by atoms with Gasteiger partial charge in [0.1, 0.15) is 5.78 Å². The maximum Gasteiger partial charge on any atom is 0.129 e. The van der Waals surface area contributed by atoms with E-state index in [9.17, 15) is 4.79 Å². The highest BCUT2D eigenvalue weighted by molar-refractivity contribution is 5.75. The molecule has 0 saturated carbocycles. The van der Waals surface area contributed by atoms with E-state index < -0.39 is 0 Å². The van der Waals surface area contributed by atoms with Crippen LogP contribution in [0.15, 0.2) is 30.3 Å². The molecule has 0 aromatic heterocycles. The number of carbonyl (C=O) groups is 1. The second kappa shape index (κ2) is 8.02. The zero-order valence-corrected chi connectivity index (χ0v) is 10.8. The van der Waals surface area contributed by atoms with Crippen molar-refractivity contribution >= 4 is 5.78 Å². The highest BCUT2D eigenvalue weighted by atomic mass is 16.5. The van der Waals surface area contributed by atoms with Gasteiger partial charge in [-0.25, -0.2) is 0 Å². The van der Waals surface area contributed by atoms with E-state index in [0.717, 1.165) is 25.9 Å². The molecule has 0 N–H and O–H groups in total. The summed E-state index contributed by atoms with van der Waals surface area (Å²) in [5.74, 6) is 0.281. The van der Waals surface area contributed by atoms with E-state index in [1.807, 2.05) is 18.2 Å². The van der Waals surface area contributed by atoms with Crippen molar-refractivity contribution in [3.05, 3.63) is 35.9 Å². The predicted octanol–water partition coefficient (Wildman–Crippen LogP) is 3.91. The van der Waals surface area contributed by atoms with Crippen LogP contribution in [-0.2, 0) is 9.53 Å². The fourth-order valence-electron chi connectivity index (χ4n) is 1.73. The van der Waals surface area contributed by atoms with Gasteiger partial charge in [-0.2, -0.15) is 0 Å². The Balaban J connectivity index is 2.09. The van der Waals surface area contributed by atoms with E-state index >= 15 is 0 Å². The monoisotopic (exact) mass is 234 g/mol. The summed E-state index contributed by atoms with van der Waals surface area (Å²) in [5, 5.41) is 0. The number of ketones is 1. The van der Waals surface area contributed by atoms with Crippen LogP contribution in [0.1, 0.15) is 51.2 Å². The van der Waals surface area contributed by atoms with Crippen molar-refractivity contribution in [2.75, 3.05) is 6.61 Å². The van der Waals surface area contributed by atoms with Crippen molar-refractivity contribution < 1.29 is 9.53 Å². The van der Waals surface area contributed by atoms with Crippen LogP contribution in [0.2, 0.25) is 0 Å². The first-order chi connectivity index (χ1) is 8.20. The molecule has 1 rings (SSSR count). The van der Waals surface area contributed by atoms with E-state index in [0.29, 0.717) is 6.42 Å². The fourth-order valence-corrected chi connectivity index (χ4v) is 1.73. The Morgan fingerprint density at radius 3 is 2.53 bits per heavy atom. The number of hydrogen-bond donors (Lipinski definition) is 0. The molecule has 0 aliphatic rings. The molecule has 1 unspecified atom stereocenters. The first-order valence-electron chi connectivity index (χ1n) is 6.36. The van der Waals surface area contributed by atoms with Gasteiger partial charge in [-0.15, -0.1) is 0 Å². The molecule has 0 aliphatic heterocycles. The summed E-state index contributed by atoms with van der Waals surface area (Å²) >= 11 is 0. The van der Waals surface area contributed by atoms with Crippen LogP contribution < -0.4 is 0 Å². The van der Waals surface area contributed by atoms with Crippen molar-refractivity contribution in [3.63, 3.8) is 0 Å². The highest BCUT2D eigenvalue weighted by Crippen LogP contribution is 2.16. The van der Waals surface area contributed by atoms with Gasteiger partial charge in [0.25, 0.3) is 0 Å². The first-order valence-corrected chi connectivity index (χ1v) is 6.36. The SMILES string of the molecule is CC(=O)CCCCCOC(C)c1ccccc1. The number of Topliss-reactive ketones (excluding diaryl/α,β-unsaturated/α-hetero) is 1. The van der Waals surface area contributed by atoms with Crippen LogP contribution in [0, 0.1) is 0 Å². The van der Waals surface area contributed by atoms with Gasteiger partial charge in [-0.05, 0) is 32.3 Å². The molecule has 0 radical (unpaired) electrons. The smallest absolute Gasteiger partial charge is 0.129 e. The Kier molecular flexibility index (Phi) is 6.56. The van der Waals surface area contributed by atoms with Crippen LogP contribution in [0.25, 0.3) is 0 Å². The molecule has 0 saturated heterocycles. The molecule has 0 amide bonds. The van der Waals surface area contributed by atoms with Crippen molar-refractivity contribution in [2.45, 2.75) is 45.6 Å². The van der Waals surface area contributed by atoms with E-state index in [2.05, 4.69) is 19.1 Å². The molecule has 17 heavy (non-hydrogen) atoms. The van der Waals surface area contributed by atoms with Gasteiger partial charge in [0.15, 0.2) is 0 Å². The largest absolute Gasteiger partial charge is 0.374 e. The number of benzene rings is 1. The standard InChI is InChI=1S/C15H22O2/c1-13(16)9-5-4-8-12-17-14(2)15-10-6-3-7-11-15/h3,6-7,10-11,14H,4-5,8-9,12H2,1-2H3. The lowest BCUT2D eigenvalue weighted by atomic mass is 10.1. The third kappa shape index (κ3) is 6.22. The van der Waals surface area contributed by atoms with Gasteiger partial charge < -0.3 is 9.53 Å². The molecule has 1 aromatic carbocycles. The topological polar surface area (TPSA) is 26.3 Å². The fraction of sp³-hybridized carbons (Fsp3) is 0.533. The Labute approximate surface area is 104 Å². The zero-order chi connectivity index (χ0) is 12.5. The average Bonchev–Trinajstić information content (AvgIpc) is 2.34. The van der Waals surface area contributed by atoms with Crippen molar-refractivity contribution in [3.8, 4) is 0 Å². The molecule has 0 heterocycles. The lowest BCUT2D eigenvalue weighted by Crippen LogP contribution is -2.01. The van der Waals surface area contributed by atoms with Gasteiger partial charge in [0.2, 0.25) is 0 Å². The molecule has 2 heteroatoms. The molecule has 2 nitrogen and oxygen atoms in total. The molecule has 1 aromatic rings. The first kappa shape index (κ1) is 13.9. The average molecular weight is 234 g/mol. The van der Waals surface area contributed by atoms with Crippen LogP contribution >= 0.6 is 0 Å². The second-order valence-electron chi connectivity index (χ2n) is 4.44. The maximum absolute atomic E-state index is 10.7. The predicted molar refractivity (Wildman–Crippen MR) is 70.0 cm³/mol. The highest BCUT2D eigenvalue weighted by Gasteiger charge is 2.03. The summed E-state index contributed by atoms with van der Waals surface area (Å²) in [5.41, 5.74) is 1.22. The molecular formula is C15H22O2. The van der Waals surface area contributed by atoms with E-state index in [1.54, 1.807) is 6.92 Å². The van der Waals surface area contributed by atoms with Gasteiger partial charge in [-0.1, -0.05) is 36.8 Å². The summed E-state index contributed by atoms with van der Waals surface area (Å²) in [6.45, 7) is 4.49. The van der Waals surface area contributed by atoms with Crippen molar-refractivity contribution in [1.82, 2.24) is 0 Å². The van der Waals surface area contributed by atoms with Crippen molar-refractivity contribution in [1.29, 1.82) is 0 Å². The summed E-state index contributed by atoms with van der Waals surface area (Å²) in [7, 11) is 0. The number of unbranched alkanes of at least 4 members (excludes halogenated alkanes) is 2. The molecule has 1 atom stereocenters. The molecule has 0 bridgehead atoms. The molecule has 0 aliphatic carbocycles. The van der Waals surface area contributed by atoms with Crippen molar-refractivity contribution in [2.24, 2.45) is 0 Å². The third-order valence-corrected chi connectivity index (χ3v) is 2.81. The minimum Gasteiger partial charge on any atom is -0.374 e. The Morgan fingerprint density at radius 2 is 1.88 bits per heavy atom. The number of rotatable bonds is 8. The summed E-state index contributed by atoms with van der Waals surface area (Å²) in [6, 6.07) is 10.2. The van der Waals surface area contributed by atoms with Crippen LogP contribution in [0.3, 0.4) is 0 Å². The number of carbonyl (C=O) groups excluding carboxylic acids is 1. The summed E-state index contributed by atoms with van der Waals surface area (Å²) in [4.78, 5) is 10.7. The van der Waals surface area contributed by atoms with E-state index in [1.165, 1.54) is 5.56 Å².